The first-order valence-electron chi connectivity index (χ1n) is 12.2. The lowest BCUT2D eigenvalue weighted by molar-refractivity contribution is 0.0405. The van der Waals surface area contributed by atoms with Gasteiger partial charge in [0, 0.05) is 13.1 Å². The van der Waals surface area contributed by atoms with Gasteiger partial charge in [0.15, 0.2) is 0 Å². The molecule has 1 fully saturated rings. The van der Waals surface area contributed by atoms with E-state index in [4.69, 9.17) is 4.74 Å². The van der Waals surface area contributed by atoms with E-state index in [2.05, 4.69) is 37.7 Å². The molecular formula is C24H52N2O. The van der Waals surface area contributed by atoms with Crippen molar-refractivity contribution in [1.82, 2.24) is 9.80 Å². The van der Waals surface area contributed by atoms with E-state index in [1.165, 1.54) is 103 Å². The van der Waals surface area contributed by atoms with Crippen molar-refractivity contribution in [2.45, 2.75) is 104 Å². The largest absolute Gasteiger partial charge is 0.379 e. The maximum Gasteiger partial charge on any atom is 0.0594 e. The third-order valence-corrected chi connectivity index (χ3v) is 5.51. The molecule has 1 aliphatic rings. The summed E-state index contributed by atoms with van der Waals surface area (Å²) in [5.74, 6) is 0. The second-order valence-corrected chi connectivity index (χ2v) is 8.45. The molecule has 0 bridgehead atoms. The first-order chi connectivity index (χ1) is 13.2. The molecule has 3 nitrogen and oxygen atoms in total. The summed E-state index contributed by atoms with van der Waals surface area (Å²) >= 11 is 0. The van der Waals surface area contributed by atoms with Crippen LogP contribution in [0.3, 0.4) is 0 Å². The van der Waals surface area contributed by atoms with Gasteiger partial charge in [-0.1, -0.05) is 97.3 Å². The van der Waals surface area contributed by atoms with Crippen LogP contribution in [0.25, 0.3) is 0 Å². The van der Waals surface area contributed by atoms with Crippen molar-refractivity contribution in [1.29, 1.82) is 0 Å². The number of ether oxygens (including phenoxy) is 1. The number of unbranched alkanes of at least 4 members (excludes halogenated alkanes) is 13. The highest BCUT2D eigenvalue weighted by Gasteiger charge is 2.05. The number of likely N-dealkylation sites (N-methyl/N-ethyl adjacent to an activating group) is 1. The average molecular weight is 385 g/mol. The van der Waals surface area contributed by atoms with E-state index in [1.54, 1.807) is 0 Å². The van der Waals surface area contributed by atoms with Crippen LogP contribution in [-0.4, -0.2) is 63.3 Å². The number of hydrogen-bond acceptors (Lipinski definition) is 3. The highest BCUT2D eigenvalue weighted by molar-refractivity contribution is 4.57. The molecule has 0 aromatic heterocycles. The maximum absolute atomic E-state index is 5.16. The Morgan fingerprint density at radius 2 is 1.04 bits per heavy atom. The van der Waals surface area contributed by atoms with Gasteiger partial charge in [0.05, 0.1) is 13.2 Å². The third kappa shape index (κ3) is 22.0. The monoisotopic (exact) mass is 384 g/mol. The Labute approximate surface area is 172 Å². The molecule has 1 aliphatic heterocycles. The van der Waals surface area contributed by atoms with Gasteiger partial charge >= 0.3 is 0 Å². The van der Waals surface area contributed by atoms with Crippen LogP contribution < -0.4 is 0 Å². The molecule has 1 heterocycles. The van der Waals surface area contributed by atoms with Gasteiger partial charge < -0.3 is 9.64 Å². The van der Waals surface area contributed by atoms with Crippen molar-refractivity contribution in [2.75, 3.05) is 53.5 Å². The van der Waals surface area contributed by atoms with E-state index in [0.29, 0.717) is 0 Å². The Bertz CT molecular complexity index is 265. The Morgan fingerprint density at radius 1 is 0.630 bits per heavy atom. The summed E-state index contributed by atoms with van der Waals surface area (Å²) < 4.78 is 5.16. The van der Waals surface area contributed by atoms with E-state index in [0.717, 1.165) is 26.3 Å². The first-order valence-corrected chi connectivity index (χ1v) is 12.2. The van der Waals surface area contributed by atoms with Crippen molar-refractivity contribution in [3.05, 3.63) is 0 Å². The van der Waals surface area contributed by atoms with Crippen LogP contribution in [0.1, 0.15) is 104 Å². The predicted molar refractivity (Wildman–Crippen MR) is 122 cm³/mol. The fraction of sp³-hybridized carbons (Fsp3) is 1.00. The Balaban J connectivity index is 0.000000694. The lowest BCUT2D eigenvalue weighted by Crippen LogP contribution is -2.35. The van der Waals surface area contributed by atoms with Crippen molar-refractivity contribution < 1.29 is 4.74 Å². The second-order valence-electron chi connectivity index (χ2n) is 8.45. The zero-order valence-corrected chi connectivity index (χ0v) is 19.4. The van der Waals surface area contributed by atoms with Crippen molar-refractivity contribution in [2.24, 2.45) is 0 Å². The van der Waals surface area contributed by atoms with Crippen LogP contribution in [0.4, 0.5) is 0 Å². The van der Waals surface area contributed by atoms with E-state index in [-0.39, 0.29) is 0 Å². The van der Waals surface area contributed by atoms with Gasteiger partial charge in [0.1, 0.15) is 0 Å². The summed E-state index contributed by atoms with van der Waals surface area (Å²) in [5.41, 5.74) is 0. The van der Waals surface area contributed by atoms with Crippen molar-refractivity contribution >= 4 is 0 Å². The molecule has 0 spiro atoms. The molecule has 1 rings (SSSR count). The zero-order chi connectivity index (χ0) is 20.0. The van der Waals surface area contributed by atoms with E-state index in [1.807, 2.05) is 0 Å². The molecular weight excluding hydrogens is 332 g/mol. The van der Waals surface area contributed by atoms with Crippen molar-refractivity contribution in [3.8, 4) is 0 Å². The first kappa shape index (κ1) is 26.9. The molecule has 1 saturated heterocycles. The van der Waals surface area contributed by atoms with E-state index >= 15 is 0 Å². The second kappa shape index (κ2) is 22.2. The summed E-state index contributed by atoms with van der Waals surface area (Å²) in [5, 5.41) is 0. The fourth-order valence-corrected chi connectivity index (χ4v) is 3.54. The summed E-state index contributed by atoms with van der Waals surface area (Å²) in [6.07, 6.45) is 20.3. The van der Waals surface area contributed by atoms with Crippen LogP contribution >= 0.6 is 0 Å². The molecule has 0 aromatic rings. The van der Waals surface area contributed by atoms with Gasteiger partial charge in [0.2, 0.25) is 0 Å². The molecule has 0 saturated carbocycles. The van der Waals surface area contributed by atoms with Crippen molar-refractivity contribution in [3.63, 3.8) is 0 Å². The van der Waals surface area contributed by atoms with Gasteiger partial charge in [-0.05, 0) is 33.6 Å². The third-order valence-electron chi connectivity index (χ3n) is 5.51. The zero-order valence-electron chi connectivity index (χ0n) is 19.4. The summed E-state index contributed by atoms with van der Waals surface area (Å²) in [6.45, 7) is 11.0. The number of nitrogens with zero attached hydrogens (tertiary/aromatic N) is 2. The minimum Gasteiger partial charge on any atom is -0.379 e. The Kier molecular flexibility index (Phi) is 22.1. The van der Waals surface area contributed by atoms with Gasteiger partial charge in [-0.15, -0.1) is 0 Å². The minimum atomic E-state index is 0.924. The summed E-state index contributed by atoms with van der Waals surface area (Å²) in [7, 11) is 4.34. The normalized spacial score (nSPS) is 15.0. The molecule has 27 heavy (non-hydrogen) atoms. The molecule has 0 radical (unpaired) electrons. The average Bonchev–Trinajstić information content (AvgIpc) is 2.69. The lowest BCUT2D eigenvalue weighted by Gasteiger charge is -2.24. The molecule has 0 amide bonds. The SMILES string of the molecule is CCCCCCCCCCCCCCCCN(C)C.CCN1CCOCC1. The molecule has 0 aromatic carbocycles. The van der Waals surface area contributed by atoms with E-state index in [9.17, 15) is 0 Å². The fourth-order valence-electron chi connectivity index (χ4n) is 3.54. The molecule has 3 heteroatoms. The highest BCUT2D eigenvalue weighted by atomic mass is 16.5. The molecule has 0 N–H and O–H groups in total. The Morgan fingerprint density at radius 3 is 1.37 bits per heavy atom. The van der Waals surface area contributed by atoms with Gasteiger partial charge in [0.25, 0.3) is 0 Å². The number of morpholine rings is 1. The van der Waals surface area contributed by atoms with Crippen LogP contribution in [0, 0.1) is 0 Å². The summed E-state index contributed by atoms with van der Waals surface area (Å²) in [6, 6.07) is 0. The maximum atomic E-state index is 5.16. The van der Waals surface area contributed by atoms with Crippen LogP contribution in [0.5, 0.6) is 0 Å². The standard InChI is InChI=1S/C18H39N.C6H13NO/c1-4-5-6-7-8-9-10-11-12-13-14-15-16-17-18-19(2)3;1-2-7-3-5-8-6-4-7/h4-18H2,1-3H3;2-6H2,1H3. The number of rotatable bonds is 16. The predicted octanol–water partition coefficient (Wildman–Crippen LogP) is 6.37. The molecule has 0 aliphatic carbocycles. The number of hydrogen-bond donors (Lipinski definition) is 0. The highest BCUT2D eigenvalue weighted by Crippen LogP contribution is 2.12. The van der Waals surface area contributed by atoms with Crippen LogP contribution in [-0.2, 0) is 4.74 Å². The molecule has 0 unspecified atom stereocenters. The quantitative estimate of drug-likeness (QED) is 0.288. The lowest BCUT2D eigenvalue weighted by atomic mass is 10.0. The van der Waals surface area contributed by atoms with Gasteiger partial charge in [-0.3, -0.25) is 4.90 Å². The van der Waals surface area contributed by atoms with Gasteiger partial charge in [-0.2, -0.15) is 0 Å². The van der Waals surface area contributed by atoms with E-state index < -0.39 is 0 Å². The summed E-state index contributed by atoms with van der Waals surface area (Å²) in [4.78, 5) is 4.68. The molecule has 164 valence electrons. The van der Waals surface area contributed by atoms with Crippen LogP contribution in [0.15, 0.2) is 0 Å². The van der Waals surface area contributed by atoms with Gasteiger partial charge in [-0.25, -0.2) is 0 Å². The Hall–Kier alpha value is -0.120. The van der Waals surface area contributed by atoms with Crippen LogP contribution in [0.2, 0.25) is 0 Å². The topological polar surface area (TPSA) is 15.7 Å². The minimum absolute atomic E-state index is 0.924. The molecule has 0 atom stereocenters. The smallest absolute Gasteiger partial charge is 0.0594 e.